The summed E-state index contributed by atoms with van der Waals surface area (Å²) in [5, 5.41) is 11.5. The highest BCUT2D eigenvalue weighted by molar-refractivity contribution is 5.79. The van der Waals surface area contributed by atoms with Gasteiger partial charge in [-0.3, -0.25) is 0 Å². The van der Waals surface area contributed by atoms with Gasteiger partial charge in [-0.2, -0.15) is 0 Å². The smallest absolute Gasteiger partial charge is 0.131 e. The van der Waals surface area contributed by atoms with Crippen molar-refractivity contribution in [3.63, 3.8) is 0 Å². The van der Waals surface area contributed by atoms with Crippen LogP contribution in [0, 0.1) is 6.92 Å². The number of aryl methyl sites for hydroxylation is 1. The number of nitrogens with zero attached hydrogens (tertiary/aromatic N) is 3. The van der Waals surface area contributed by atoms with Crippen LogP contribution in [-0.2, 0) is 0 Å². The summed E-state index contributed by atoms with van der Waals surface area (Å²) in [4.78, 5) is 6.78. The maximum atomic E-state index is 8.46. The molecule has 0 spiro atoms. The molecule has 1 aromatic heterocycles. The quantitative estimate of drug-likeness (QED) is 0.471. The van der Waals surface area contributed by atoms with Crippen molar-refractivity contribution in [2.24, 2.45) is 5.16 Å². The number of hydrogen-bond donors (Lipinski definition) is 1. The van der Waals surface area contributed by atoms with Crippen molar-refractivity contribution in [2.75, 3.05) is 18.0 Å². The molecule has 2 heterocycles. The summed E-state index contributed by atoms with van der Waals surface area (Å²) in [6.45, 7) is 4.24. The Morgan fingerprint density at radius 3 is 2.75 bits per heavy atom. The number of hydrogen-bond acceptors (Lipinski definition) is 4. The molecular formula is C12H17N3O. The number of pyridine rings is 1. The lowest BCUT2D eigenvalue weighted by Crippen LogP contribution is -2.30. The zero-order valence-electron chi connectivity index (χ0n) is 9.56. The number of aromatic nitrogens is 1. The molecule has 1 aliphatic heterocycles. The molecule has 1 N–H and O–H groups in total. The van der Waals surface area contributed by atoms with Crippen molar-refractivity contribution < 1.29 is 5.21 Å². The average Bonchev–Trinajstić information content (AvgIpc) is 2.31. The molecule has 1 fully saturated rings. The molecule has 0 saturated carbocycles. The molecule has 0 bridgehead atoms. The Labute approximate surface area is 95.6 Å². The molecule has 2 rings (SSSR count). The zero-order valence-corrected chi connectivity index (χ0v) is 9.56. The van der Waals surface area contributed by atoms with Gasteiger partial charge in [-0.15, -0.1) is 0 Å². The fourth-order valence-electron chi connectivity index (χ4n) is 2.16. The number of rotatable bonds is 2. The van der Waals surface area contributed by atoms with Gasteiger partial charge in [0.2, 0.25) is 0 Å². The first-order valence-corrected chi connectivity index (χ1v) is 5.70. The number of oxime groups is 1. The van der Waals surface area contributed by atoms with E-state index in [9.17, 15) is 0 Å². The average molecular weight is 219 g/mol. The zero-order chi connectivity index (χ0) is 11.4. The van der Waals surface area contributed by atoms with Crippen LogP contribution in [0.3, 0.4) is 0 Å². The summed E-state index contributed by atoms with van der Waals surface area (Å²) in [5.41, 5.74) is 1.97. The van der Waals surface area contributed by atoms with Crippen LogP contribution in [0.5, 0.6) is 0 Å². The van der Waals surface area contributed by atoms with E-state index in [4.69, 9.17) is 5.21 Å². The van der Waals surface area contributed by atoms with Gasteiger partial charge >= 0.3 is 0 Å². The lowest BCUT2D eigenvalue weighted by atomic mass is 10.1. The van der Waals surface area contributed by atoms with Crippen molar-refractivity contribution in [1.29, 1.82) is 0 Å². The fourth-order valence-corrected chi connectivity index (χ4v) is 2.16. The predicted molar refractivity (Wildman–Crippen MR) is 64.4 cm³/mol. The second-order valence-electron chi connectivity index (χ2n) is 4.20. The molecule has 0 unspecified atom stereocenters. The van der Waals surface area contributed by atoms with E-state index >= 15 is 0 Å². The molecule has 4 heteroatoms. The van der Waals surface area contributed by atoms with Crippen LogP contribution in [0.25, 0.3) is 0 Å². The van der Waals surface area contributed by atoms with E-state index in [0.717, 1.165) is 30.0 Å². The minimum Gasteiger partial charge on any atom is -0.411 e. The second kappa shape index (κ2) is 4.96. The Balaban J connectivity index is 2.21. The summed E-state index contributed by atoms with van der Waals surface area (Å²) < 4.78 is 0. The largest absolute Gasteiger partial charge is 0.411 e. The third kappa shape index (κ3) is 2.32. The van der Waals surface area contributed by atoms with Crippen LogP contribution < -0.4 is 4.90 Å². The molecule has 1 aliphatic rings. The van der Waals surface area contributed by atoms with Gasteiger partial charge in [0.1, 0.15) is 5.82 Å². The Kier molecular flexibility index (Phi) is 3.39. The summed E-state index contributed by atoms with van der Waals surface area (Å²) >= 11 is 0. The van der Waals surface area contributed by atoms with Crippen LogP contribution in [0.4, 0.5) is 5.82 Å². The summed E-state index contributed by atoms with van der Waals surface area (Å²) in [6.07, 6.45) is 6.98. The van der Waals surface area contributed by atoms with E-state index in [1.165, 1.54) is 25.5 Å². The molecule has 0 aromatic carbocycles. The van der Waals surface area contributed by atoms with Crippen molar-refractivity contribution in [2.45, 2.75) is 26.2 Å². The van der Waals surface area contributed by atoms with E-state index < -0.39 is 0 Å². The standard InChI is InChI=1S/C12H17N3O/c1-10-7-11(9-14-16)8-13-12(10)15-5-3-2-4-6-15/h7-9,16H,2-6H2,1H3/b14-9-. The molecule has 1 aromatic rings. The normalized spacial score (nSPS) is 16.9. The number of anilines is 1. The van der Waals surface area contributed by atoms with Gasteiger partial charge in [0, 0.05) is 24.8 Å². The Bertz CT molecular complexity index is 384. The first kappa shape index (κ1) is 10.9. The SMILES string of the molecule is Cc1cc(/C=N\O)cnc1N1CCCCC1. The van der Waals surface area contributed by atoms with Gasteiger partial charge in [-0.05, 0) is 37.8 Å². The molecule has 0 radical (unpaired) electrons. The first-order chi connectivity index (χ1) is 7.81. The van der Waals surface area contributed by atoms with Gasteiger partial charge in [0.25, 0.3) is 0 Å². The maximum Gasteiger partial charge on any atom is 0.131 e. The number of piperidine rings is 1. The lowest BCUT2D eigenvalue weighted by Gasteiger charge is -2.28. The molecule has 16 heavy (non-hydrogen) atoms. The molecular weight excluding hydrogens is 202 g/mol. The lowest BCUT2D eigenvalue weighted by molar-refractivity contribution is 0.322. The van der Waals surface area contributed by atoms with Gasteiger partial charge in [-0.25, -0.2) is 4.98 Å². The maximum absolute atomic E-state index is 8.46. The Hall–Kier alpha value is -1.58. The third-order valence-electron chi connectivity index (χ3n) is 2.93. The van der Waals surface area contributed by atoms with Crippen LogP contribution >= 0.6 is 0 Å². The molecule has 86 valence electrons. The highest BCUT2D eigenvalue weighted by Crippen LogP contribution is 2.21. The summed E-state index contributed by atoms with van der Waals surface area (Å²) in [5.74, 6) is 1.06. The monoisotopic (exact) mass is 219 g/mol. The highest BCUT2D eigenvalue weighted by atomic mass is 16.4. The highest BCUT2D eigenvalue weighted by Gasteiger charge is 2.13. The Morgan fingerprint density at radius 2 is 2.12 bits per heavy atom. The van der Waals surface area contributed by atoms with Gasteiger partial charge in [-0.1, -0.05) is 5.16 Å². The molecule has 0 amide bonds. The van der Waals surface area contributed by atoms with E-state index in [0.29, 0.717) is 0 Å². The summed E-state index contributed by atoms with van der Waals surface area (Å²) in [6, 6.07) is 2.00. The van der Waals surface area contributed by atoms with Crippen LogP contribution in [0.15, 0.2) is 17.4 Å². The minimum atomic E-state index is 0.834. The molecule has 0 aliphatic carbocycles. The van der Waals surface area contributed by atoms with E-state index in [1.54, 1.807) is 6.20 Å². The fraction of sp³-hybridized carbons (Fsp3) is 0.500. The van der Waals surface area contributed by atoms with Gasteiger partial charge in [0.15, 0.2) is 0 Å². The second-order valence-corrected chi connectivity index (χ2v) is 4.20. The predicted octanol–water partition coefficient (Wildman–Crippen LogP) is 2.19. The molecule has 4 nitrogen and oxygen atoms in total. The van der Waals surface area contributed by atoms with Gasteiger partial charge < -0.3 is 10.1 Å². The Morgan fingerprint density at radius 1 is 1.38 bits per heavy atom. The van der Waals surface area contributed by atoms with E-state index in [1.807, 2.05) is 13.0 Å². The van der Waals surface area contributed by atoms with Crippen molar-refractivity contribution in [3.8, 4) is 0 Å². The van der Waals surface area contributed by atoms with Crippen LogP contribution in [0.2, 0.25) is 0 Å². The van der Waals surface area contributed by atoms with E-state index in [-0.39, 0.29) is 0 Å². The van der Waals surface area contributed by atoms with Crippen molar-refractivity contribution >= 4 is 12.0 Å². The van der Waals surface area contributed by atoms with Gasteiger partial charge in [0.05, 0.1) is 6.21 Å². The van der Waals surface area contributed by atoms with Crippen molar-refractivity contribution in [3.05, 3.63) is 23.4 Å². The third-order valence-corrected chi connectivity index (χ3v) is 2.93. The topological polar surface area (TPSA) is 48.7 Å². The molecule has 0 atom stereocenters. The van der Waals surface area contributed by atoms with Crippen LogP contribution in [-0.4, -0.2) is 29.5 Å². The summed E-state index contributed by atoms with van der Waals surface area (Å²) in [7, 11) is 0. The minimum absolute atomic E-state index is 0.834. The van der Waals surface area contributed by atoms with Crippen molar-refractivity contribution in [1.82, 2.24) is 4.98 Å². The molecule has 1 saturated heterocycles. The van der Waals surface area contributed by atoms with E-state index in [2.05, 4.69) is 15.0 Å². The first-order valence-electron chi connectivity index (χ1n) is 5.70. The van der Waals surface area contributed by atoms with Crippen LogP contribution in [0.1, 0.15) is 30.4 Å².